The van der Waals surface area contributed by atoms with Crippen LogP contribution in [0.25, 0.3) is 28.6 Å². The fraction of sp³-hybridized carbons (Fsp3) is 0. The lowest BCUT2D eigenvalue weighted by Crippen LogP contribution is -1.90. The quantitative estimate of drug-likeness (QED) is 0.196. The van der Waals surface area contributed by atoms with E-state index in [9.17, 15) is 10.1 Å². The van der Waals surface area contributed by atoms with Gasteiger partial charge in [0.1, 0.15) is 5.52 Å². The smallest absolute Gasteiger partial charge is 0.276 e. The minimum Gasteiger partial charge on any atom is -0.436 e. The van der Waals surface area contributed by atoms with Crippen molar-refractivity contribution in [3.63, 3.8) is 0 Å². The summed E-state index contributed by atoms with van der Waals surface area (Å²) in [5.41, 5.74) is 3.53. The number of hydrogen-bond donors (Lipinski definition) is 0. The van der Waals surface area contributed by atoms with Crippen LogP contribution in [0.4, 0.5) is 11.4 Å². The minimum atomic E-state index is -0.405. The molecule has 0 atom stereocenters. The van der Waals surface area contributed by atoms with E-state index in [0.717, 1.165) is 10.0 Å². The third kappa shape index (κ3) is 4.14. The van der Waals surface area contributed by atoms with Crippen LogP contribution in [0.1, 0.15) is 5.56 Å². The van der Waals surface area contributed by atoms with E-state index in [2.05, 4.69) is 25.9 Å². The van der Waals surface area contributed by atoms with Gasteiger partial charge in [0, 0.05) is 16.8 Å². The predicted octanol–water partition coefficient (Wildman–Crippen LogP) is 6.58. The first-order valence-electron chi connectivity index (χ1n) is 8.71. The van der Waals surface area contributed by atoms with Crippen molar-refractivity contribution >= 4 is 50.7 Å². The highest BCUT2D eigenvalue weighted by atomic mass is 79.9. The Morgan fingerprint density at radius 3 is 2.69 bits per heavy atom. The van der Waals surface area contributed by atoms with Crippen LogP contribution >= 0.6 is 15.9 Å². The zero-order valence-electron chi connectivity index (χ0n) is 15.0. The van der Waals surface area contributed by atoms with Crippen molar-refractivity contribution in [2.45, 2.75) is 0 Å². The molecule has 0 saturated carbocycles. The monoisotopic (exact) mass is 447 g/mol. The molecule has 0 aliphatic heterocycles. The van der Waals surface area contributed by atoms with E-state index < -0.39 is 4.92 Å². The number of hydrogen-bond acceptors (Lipinski definition) is 5. The third-order valence-corrected chi connectivity index (χ3v) is 4.89. The number of halogens is 1. The van der Waals surface area contributed by atoms with Crippen LogP contribution in [0.2, 0.25) is 0 Å². The molecule has 29 heavy (non-hydrogen) atoms. The molecule has 0 unspecified atom stereocenters. The van der Waals surface area contributed by atoms with Gasteiger partial charge in [-0.15, -0.1) is 0 Å². The van der Waals surface area contributed by atoms with E-state index in [4.69, 9.17) is 4.42 Å². The number of oxazole rings is 1. The second kappa shape index (κ2) is 8.20. The van der Waals surface area contributed by atoms with Crippen LogP contribution in [0, 0.1) is 10.1 Å². The number of nitro benzene ring substituents is 1. The molecule has 7 heteroatoms. The van der Waals surface area contributed by atoms with Crippen LogP contribution in [0.3, 0.4) is 0 Å². The van der Waals surface area contributed by atoms with Crippen molar-refractivity contribution in [3.8, 4) is 11.5 Å². The average Bonchev–Trinajstić information content (AvgIpc) is 3.15. The molecule has 6 nitrogen and oxygen atoms in total. The molecule has 4 rings (SSSR count). The minimum absolute atomic E-state index is 0.0563. The molecule has 0 saturated heterocycles. The molecular weight excluding hydrogens is 434 g/mol. The maximum atomic E-state index is 11.0. The second-order valence-electron chi connectivity index (χ2n) is 6.10. The summed E-state index contributed by atoms with van der Waals surface area (Å²) < 4.78 is 6.75. The number of aromatic nitrogens is 1. The van der Waals surface area contributed by atoms with Gasteiger partial charge >= 0.3 is 0 Å². The van der Waals surface area contributed by atoms with Gasteiger partial charge in [0.15, 0.2) is 5.58 Å². The zero-order chi connectivity index (χ0) is 20.2. The van der Waals surface area contributed by atoms with Gasteiger partial charge in [0.25, 0.3) is 5.69 Å². The molecule has 0 spiro atoms. The topological polar surface area (TPSA) is 81.5 Å². The Kier molecular flexibility index (Phi) is 5.31. The summed E-state index contributed by atoms with van der Waals surface area (Å²) in [4.78, 5) is 19.6. The van der Waals surface area contributed by atoms with Crippen molar-refractivity contribution in [2.75, 3.05) is 0 Å². The Morgan fingerprint density at radius 1 is 1.07 bits per heavy atom. The van der Waals surface area contributed by atoms with Crippen molar-refractivity contribution in [1.82, 2.24) is 4.98 Å². The third-order valence-electron chi connectivity index (χ3n) is 4.19. The van der Waals surface area contributed by atoms with Crippen molar-refractivity contribution < 1.29 is 9.34 Å². The van der Waals surface area contributed by atoms with Crippen LogP contribution < -0.4 is 0 Å². The molecule has 4 aromatic rings. The van der Waals surface area contributed by atoms with Gasteiger partial charge in [-0.1, -0.05) is 24.3 Å². The number of para-hydroxylation sites is 1. The molecular formula is C22H14BrN3O3. The molecule has 3 aromatic carbocycles. The fourth-order valence-electron chi connectivity index (χ4n) is 2.82. The lowest BCUT2D eigenvalue weighted by molar-refractivity contribution is -0.385. The Hall–Kier alpha value is -3.58. The molecule has 0 radical (unpaired) electrons. The Balaban J connectivity index is 1.56. The highest BCUT2D eigenvalue weighted by molar-refractivity contribution is 9.10. The second-order valence-corrected chi connectivity index (χ2v) is 6.96. The van der Waals surface area contributed by atoms with Crippen molar-refractivity contribution in [1.29, 1.82) is 0 Å². The molecule has 1 heterocycles. The predicted molar refractivity (Wildman–Crippen MR) is 117 cm³/mol. The summed E-state index contributed by atoms with van der Waals surface area (Å²) in [6.45, 7) is 0. The number of nitrogens with zero attached hydrogens (tertiary/aromatic N) is 3. The Labute approximate surface area is 174 Å². The van der Waals surface area contributed by atoms with E-state index >= 15 is 0 Å². The maximum absolute atomic E-state index is 11.0. The van der Waals surface area contributed by atoms with Gasteiger partial charge in [0.2, 0.25) is 5.89 Å². The number of rotatable bonds is 5. The SMILES string of the molecule is O=[N+]([O-])c1ccccc1/C=C/C=Nc1ccc2oc(-c3ccccc3Br)nc2c1. The first-order valence-corrected chi connectivity index (χ1v) is 9.51. The first kappa shape index (κ1) is 18.8. The first-order chi connectivity index (χ1) is 14.1. The Bertz CT molecular complexity index is 1260. The summed E-state index contributed by atoms with van der Waals surface area (Å²) in [6.07, 6.45) is 4.91. The fourth-order valence-corrected chi connectivity index (χ4v) is 3.27. The average molecular weight is 448 g/mol. The molecule has 0 aliphatic carbocycles. The van der Waals surface area contributed by atoms with Crippen LogP contribution in [0.5, 0.6) is 0 Å². The van der Waals surface area contributed by atoms with Gasteiger partial charge in [-0.3, -0.25) is 15.1 Å². The van der Waals surface area contributed by atoms with Crippen LogP contribution in [-0.4, -0.2) is 16.1 Å². The molecule has 0 fully saturated rings. The number of aliphatic imine (C=N–C) groups is 1. The summed E-state index contributed by atoms with van der Waals surface area (Å²) >= 11 is 3.51. The van der Waals surface area contributed by atoms with Gasteiger partial charge in [0.05, 0.1) is 21.7 Å². The standard InChI is InChI=1S/C22H14BrN3O3/c23-18-9-3-2-8-17(18)22-25-19-14-16(11-12-21(19)29-22)24-13-5-7-15-6-1-4-10-20(15)26(27)28/h1-14H/b7-5+,24-13?. The molecule has 0 bridgehead atoms. The van der Waals surface area contributed by atoms with Crippen LogP contribution in [0.15, 0.2) is 86.7 Å². The highest BCUT2D eigenvalue weighted by Crippen LogP contribution is 2.31. The molecule has 142 valence electrons. The van der Waals surface area contributed by atoms with E-state index in [1.54, 1.807) is 36.6 Å². The summed E-state index contributed by atoms with van der Waals surface area (Å²) in [6, 6.07) is 19.7. The van der Waals surface area contributed by atoms with E-state index in [0.29, 0.717) is 28.2 Å². The normalized spacial score (nSPS) is 11.6. The van der Waals surface area contributed by atoms with Gasteiger partial charge in [-0.05, 0) is 64.5 Å². The van der Waals surface area contributed by atoms with Gasteiger partial charge < -0.3 is 4.42 Å². The van der Waals surface area contributed by atoms with Crippen molar-refractivity contribution in [2.24, 2.45) is 4.99 Å². The van der Waals surface area contributed by atoms with Crippen LogP contribution in [-0.2, 0) is 0 Å². The molecule has 0 aliphatic rings. The summed E-state index contributed by atoms with van der Waals surface area (Å²) in [5, 5.41) is 11.0. The largest absolute Gasteiger partial charge is 0.436 e. The van der Waals surface area contributed by atoms with E-state index in [1.165, 1.54) is 6.07 Å². The molecule has 0 amide bonds. The summed E-state index contributed by atoms with van der Waals surface area (Å²) in [7, 11) is 0. The molecule has 1 aromatic heterocycles. The zero-order valence-corrected chi connectivity index (χ0v) is 16.6. The maximum Gasteiger partial charge on any atom is 0.276 e. The van der Waals surface area contributed by atoms with Gasteiger partial charge in [-0.2, -0.15) is 0 Å². The highest BCUT2D eigenvalue weighted by Gasteiger charge is 2.11. The number of benzene rings is 3. The lowest BCUT2D eigenvalue weighted by Gasteiger charge is -1.97. The van der Waals surface area contributed by atoms with E-state index in [-0.39, 0.29) is 5.69 Å². The summed E-state index contributed by atoms with van der Waals surface area (Å²) in [5.74, 6) is 0.532. The molecule has 0 N–H and O–H groups in total. The Morgan fingerprint density at radius 2 is 1.86 bits per heavy atom. The van der Waals surface area contributed by atoms with Crippen molar-refractivity contribution in [3.05, 3.63) is 93.0 Å². The number of fused-ring (bicyclic) bond motifs is 1. The van der Waals surface area contributed by atoms with Gasteiger partial charge in [-0.25, -0.2) is 4.98 Å². The number of nitro groups is 1. The lowest BCUT2D eigenvalue weighted by atomic mass is 10.1. The van der Waals surface area contributed by atoms with E-state index in [1.807, 2.05) is 42.5 Å². The number of allylic oxidation sites excluding steroid dienone is 1.